The molecule has 1 nitrogen and oxygen atoms in total. The van der Waals surface area contributed by atoms with Crippen LogP contribution in [0.3, 0.4) is 0 Å². The van der Waals surface area contributed by atoms with Gasteiger partial charge in [0.1, 0.15) is 0 Å². The minimum Gasteiger partial charge on any atom is -0.294 e. The van der Waals surface area contributed by atoms with Gasteiger partial charge in [0.25, 0.3) is 0 Å². The van der Waals surface area contributed by atoms with Crippen molar-refractivity contribution >= 4 is 20.3 Å². The van der Waals surface area contributed by atoms with Gasteiger partial charge in [-0.15, -0.1) is 9.24 Å². The van der Waals surface area contributed by atoms with Gasteiger partial charge in [0.05, 0.1) is 0 Å². The molecular formula is C12H15OP. The molecule has 0 aromatic heterocycles. The number of rotatable bonds is 3. The SMILES string of the molecule is Cc1ccc(C(=O)CC2CC2)cc1P. The third-order valence-corrected chi connectivity index (χ3v) is 3.39. The summed E-state index contributed by atoms with van der Waals surface area (Å²) in [6.07, 6.45) is 3.23. The van der Waals surface area contributed by atoms with Gasteiger partial charge in [-0.2, -0.15) is 0 Å². The summed E-state index contributed by atoms with van der Waals surface area (Å²) in [6, 6.07) is 5.93. The predicted molar refractivity (Wildman–Crippen MR) is 62.2 cm³/mol. The van der Waals surface area contributed by atoms with E-state index < -0.39 is 0 Å². The summed E-state index contributed by atoms with van der Waals surface area (Å²) >= 11 is 0. The normalized spacial score (nSPS) is 15.6. The first-order valence-electron chi connectivity index (χ1n) is 5.06. The van der Waals surface area contributed by atoms with Crippen LogP contribution in [0.25, 0.3) is 0 Å². The molecule has 0 N–H and O–H groups in total. The second kappa shape index (κ2) is 3.82. The van der Waals surface area contributed by atoms with Gasteiger partial charge in [0.2, 0.25) is 0 Å². The van der Waals surface area contributed by atoms with Crippen molar-refractivity contribution in [3.05, 3.63) is 29.3 Å². The maximum absolute atomic E-state index is 11.7. The molecule has 0 spiro atoms. The lowest BCUT2D eigenvalue weighted by Crippen LogP contribution is -2.05. The Morgan fingerprint density at radius 1 is 1.50 bits per heavy atom. The number of ketones is 1. The Morgan fingerprint density at radius 2 is 2.21 bits per heavy atom. The lowest BCUT2D eigenvalue weighted by Gasteiger charge is -2.03. The van der Waals surface area contributed by atoms with E-state index in [4.69, 9.17) is 0 Å². The highest BCUT2D eigenvalue weighted by molar-refractivity contribution is 7.27. The zero-order chi connectivity index (χ0) is 10.1. The number of aryl methyl sites for hydroxylation is 1. The number of carbonyl (C=O) groups excluding carboxylic acids is 1. The van der Waals surface area contributed by atoms with E-state index in [0.29, 0.717) is 11.7 Å². The fourth-order valence-corrected chi connectivity index (χ4v) is 1.79. The summed E-state index contributed by atoms with van der Waals surface area (Å²) in [5, 5.41) is 1.13. The molecule has 0 bridgehead atoms. The molecule has 0 radical (unpaired) electrons. The Bertz CT molecular complexity index is 367. The lowest BCUT2D eigenvalue weighted by atomic mass is 10.0. The van der Waals surface area contributed by atoms with Crippen molar-refractivity contribution in [3.8, 4) is 0 Å². The number of hydrogen-bond donors (Lipinski definition) is 0. The molecule has 2 heteroatoms. The zero-order valence-corrected chi connectivity index (χ0v) is 9.57. The molecule has 0 heterocycles. The number of Topliss-reactive ketones (excluding diaryl/α,β-unsaturated/α-hetero) is 1. The zero-order valence-electron chi connectivity index (χ0n) is 8.42. The molecule has 0 amide bonds. The summed E-state index contributed by atoms with van der Waals surface area (Å²) in [5.41, 5.74) is 2.09. The quantitative estimate of drug-likeness (QED) is 0.548. The predicted octanol–water partition coefficient (Wildman–Crippen LogP) is 2.48. The molecule has 1 aromatic carbocycles. The summed E-state index contributed by atoms with van der Waals surface area (Å²) in [6.45, 7) is 2.05. The molecule has 1 saturated carbocycles. The summed E-state index contributed by atoms with van der Waals surface area (Å²) < 4.78 is 0. The van der Waals surface area contributed by atoms with Gasteiger partial charge in [-0.25, -0.2) is 0 Å². The second-order valence-electron chi connectivity index (χ2n) is 4.14. The minimum absolute atomic E-state index is 0.302. The van der Waals surface area contributed by atoms with Gasteiger partial charge in [-0.05, 0) is 42.6 Å². The summed E-state index contributed by atoms with van der Waals surface area (Å²) in [7, 11) is 2.67. The van der Waals surface area contributed by atoms with Crippen LogP contribution in [-0.4, -0.2) is 5.78 Å². The first kappa shape index (κ1) is 9.86. The standard InChI is InChI=1S/C12H15OP/c1-8-2-5-10(7-12(8)14)11(13)6-9-3-4-9/h2,5,7,9H,3-4,6,14H2,1H3. The molecule has 74 valence electrons. The summed E-state index contributed by atoms with van der Waals surface area (Å²) in [4.78, 5) is 11.7. The topological polar surface area (TPSA) is 17.1 Å². The highest BCUT2D eigenvalue weighted by Gasteiger charge is 2.24. The maximum Gasteiger partial charge on any atom is 0.163 e. The molecule has 1 atom stereocenters. The molecule has 1 fully saturated rings. The van der Waals surface area contributed by atoms with Gasteiger partial charge < -0.3 is 0 Å². The van der Waals surface area contributed by atoms with Crippen LogP contribution >= 0.6 is 9.24 Å². The highest BCUT2D eigenvalue weighted by Crippen LogP contribution is 2.33. The molecule has 0 saturated heterocycles. The van der Waals surface area contributed by atoms with E-state index in [-0.39, 0.29) is 0 Å². The van der Waals surface area contributed by atoms with Crippen molar-refractivity contribution in [2.45, 2.75) is 26.2 Å². The van der Waals surface area contributed by atoms with Crippen LogP contribution in [0.4, 0.5) is 0 Å². The van der Waals surface area contributed by atoms with E-state index in [0.717, 1.165) is 17.3 Å². The van der Waals surface area contributed by atoms with Gasteiger partial charge in [0.15, 0.2) is 5.78 Å². The van der Waals surface area contributed by atoms with E-state index in [2.05, 4.69) is 16.2 Å². The number of hydrogen-bond acceptors (Lipinski definition) is 1. The Kier molecular flexibility index (Phi) is 2.69. The average Bonchev–Trinajstić information content (AvgIpc) is 2.93. The molecule has 1 unspecified atom stereocenters. The second-order valence-corrected chi connectivity index (χ2v) is 4.76. The van der Waals surface area contributed by atoms with Crippen LogP contribution in [0.5, 0.6) is 0 Å². The van der Waals surface area contributed by atoms with Crippen molar-refractivity contribution in [2.75, 3.05) is 0 Å². The van der Waals surface area contributed by atoms with Gasteiger partial charge in [-0.3, -0.25) is 4.79 Å². The highest BCUT2D eigenvalue weighted by atomic mass is 31.0. The average molecular weight is 206 g/mol. The smallest absolute Gasteiger partial charge is 0.163 e. The Labute approximate surface area is 87.1 Å². The molecular weight excluding hydrogens is 191 g/mol. The molecule has 1 aromatic rings. The van der Waals surface area contributed by atoms with E-state index in [9.17, 15) is 4.79 Å². The van der Waals surface area contributed by atoms with Crippen molar-refractivity contribution in [2.24, 2.45) is 5.92 Å². The number of carbonyl (C=O) groups is 1. The van der Waals surface area contributed by atoms with Crippen LogP contribution in [0.2, 0.25) is 0 Å². The molecule has 1 aliphatic carbocycles. The van der Waals surface area contributed by atoms with Crippen molar-refractivity contribution in [3.63, 3.8) is 0 Å². The van der Waals surface area contributed by atoms with Gasteiger partial charge in [0, 0.05) is 12.0 Å². The van der Waals surface area contributed by atoms with E-state index in [1.807, 2.05) is 18.2 Å². The fraction of sp³-hybridized carbons (Fsp3) is 0.417. The van der Waals surface area contributed by atoms with Crippen LogP contribution < -0.4 is 5.30 Å². The third kappa shape index (κ3) is 2.22. The lowest BCUT2D eigenvalue weighted by molar-refractivity contribution is 0.0976. The number of benzene rings is 1. The van der Waals surface area contributed by atoms with Crippen molar-refractivity contribution in [1.29, 1.82) is 0 Å². The molecule has 1 aliphatic rings. The van der Waals surface area contributed by atoms with Crippen LogP contribution in [0.1, 0.15) is 35.2 Å². The fourth-order valence-electron chi connectivity index (χ4n) is 1.52. The molecule has 2 rings (SSSR count). The first-order chi connectivity index (χ1) is 6.66. The first-order valence-corrected chi connectivity index (χ1v) is 5.64. The van der Waals surface area contributed by atoms with Crippen molar-refractivity contribution in [1.82, 2.24) is 0 Å². The Balaban J connectivity index is 2.14. The molecule has 0 aliphatic heterocycles. The summed E-state index contributed by atoms with van der Waals surface area (Å²) in [5.74, 6) is 0.980. The minimum atomic E-state index is 0.302. The van der Waals surface area contributed by atoms with Crippen LogP contribution in [0, 0.1) is 12.8 Å². The van der Waals surface area contributed by atoms with E-state index >= 15 is 0 Å². The maximum atomic E-state index is 11.7. The Hall–Kier alpha value is -0.680. The van der Waals surface area contributed by atoms with E-state index in [1.54, 1.807) is 0 Å². The third-order valence-electron chi connectivity index (χ3n) is 2.77. The van der Waals surface area contributed by atoms with Gasteiger partial charge >= 0.3 is 0 Å². The Morgan fingerprint density at radius 3 is 2.79 bits per heavy atom. The largest absolute Gasteiger partial charge is 0.294 e. The molecule has 14 heavy (non-hydrogen) atoms. The van der Waals surface area contributed by atoms with Gasteiger partial charge in [-0.1, -0.05) is 12.1 Å². The van der Waals surface area contributed by atoms with Crippen LogP contribution in [0.15, 0.2) is 18.2 Å². The monoisotopic (exact) mass is 206 g/mol. The van der Waals surface area contributed by atoms with Crippen molar-refractivity contribution < 1.29 is 4.79 Å². The van der Waals surface area contributed by atoms with E-state index in [1.165, 1.54) is 18.4 Å². The van der Waals surface area contributed by atoms with Crippen LogP contribution in [-0.2, 0) is 0 Å².